The van der Waals surface area contributed by atoms with Crippen LogP contribution in [0, 0.1) is 11.6 Å². The van der Waals surface area contributed by atoms with Crippen molar-refractivity contribution in [1.29, 1.82) is 0 Å². The van der Waals surface area contributed by atoms with Crippen LogP contribution in [-0.4, -0.2) is 37.5 Å². The van der Waals surface area contributed by atoms with Crippen molar-refractivity contribution in [3.05, 3.63) is 81.9 Å². The topological polar surface area (TPSA) is 97.0 Å². The Labute approximate surface area is 200 Å². The summed E-state index contributed by atoms with van der Waals surface area (Å²) in [7, 11) is 3.01. The molecule has 0 aliphatic carbocycles. The van der Waals surface area contributed by atoms with Gasteiger partial charge in [-0.1, -0.05) is 48.0 Å². The highest BCUT2D eigenvalue weighted by atomic mass is 35.5. The van der Waals surface area contributed by atoms with Gasteiger partial charge < -0.3 is 30.7 Å². The van der Waals surface area contributed by atoms with Crippen LogP contribution in [0.1, 0.15) is 28.8 Å². The van der Waals surface area contributed by atoms with Crippen molar-refractivity contribution < 1.29 is 28.5 Å². The zero-order valence-electron chi connectivity index (χ0n) is 18.6. The number of aliphatic hydroxyl groups is 2. The van der Waals surface area contributed by atoms with E-state index in [1.165, 1.54) is 19.2 Å². The molecule has 0 amide bonds. The van der Waals surface area contributed by atoms with Gasteiger partial charge in [-0.3, -0.25) is 0 Å². The predicted octanol–water partition coefficient (Wildman–Crippen LogP) is 3.83. The van der Waals surface area contributed by atoms with Crippen molar-refractivity contribution in [2.24, 2.45) is 5.73 Å². The molecule has 5 N–H and O–H groups in total. The zero-order valence-corrected chi connectivity index (χ0v) is 19.4. The molecule has 1 aliphatic heterocycles. The monoisotopic (exact) mass is 490 g/mol. The maximum atomic E-state index is 15.7. The standard InChI is InChI=1S/C25H25ClF2N2O4/c1-30-12-25(13-6-4-3-5-7-13)15(11-31)20-18(34-25)10-16(27)22(26)21(20)19-14(24(29)32)8-9-17(33-2)23(19)28/h3-10,15,24,30-32H,11-12,29H2,1-2H3/t15-,24?,25+/m0/s1. The maximum Gasteiger partial charge on any atom is 0.173 e. The number of ether oxygens (including phenoxy) is 2. The Morgan fingerprint density at radius 1 is 1.21 bits per heavy atom. The van der Waals surface area contributed by atoms with Crippen LogP contribution in [0.3, 0.4) is 0 Å². The van der Waals surface area contributed by atoms with Gasteiger partial charge >= 0.3 is 0 Å². The largest absolute Gasteiger partial charge is 0.494 e. The molecule has 0 fully saturated rings. The molecule has 3 atom stereocenters. The minimum absolute atomic E-state index is 0.0180. The summed E-state index contributed by atoms with van der Waals surface area (Å²) in [5, 5.41) is 23.5. The van der Waals surface area contributed by atoms with E-state index in [9.17, 15) is 10.2 Å². The van der Waals surface area contributed by atoms with Crippen molar-refractivity contribution in [3.63, 3.8) is 0 Å². The third kappa shape index (κ3) is 3.72. The summed E-state index contributed by atoms with van der Waals surface area (Å²) in [5.41, 5.74) is 5.33. The third-order valence-electron chi connectivity index (χ3n) is 6.24. The summed E-state index contributed by atoms with van der Waals surface area (Å²) in [6.07, 6.45) is -1.59. The molecule has 34 heavy (non-hydrogen) atoms. The number of rotatable bonds is 7. The minimum atomic E-state index is -1.59. The molecule has 0 saturated heterocycles. The SMILES string of the molecule is CNC[C@]1(c2ccccc2)Oc2cc(F)c(Cl)c(-c3c(C(N)O)ccc(OC)c3F)c2[C@@H]1CO. The molecule has 180 valence electrons. The first-order valence-corrected chi connectivity index (χ1v) is 11.0. The van der Waals surface area contributed by atoms with Crippen LogP contribution in [0.15, 0.2) is 48.5 Å². The second kappa shape index (κ2) is 9.48. The molecule has 1 unspecified atom stereocenters. The molecule has 3 aromatic carbocycles. The average molecular weight is 491 g/mol. The summed E-state index contributed by atoms with van der Waals surface area (Å²) in [5.74, 6) is -2.52. The number of likely N-dealkylation sites (N-methyl/N-ethyl adjacent to an activating group) is 1. The Bertz CT molecular complexity index is 1210. The van der Waals surface area contributed by atoms with E-state index in [1.807, 2.05) is 30.3 Å². The summed E-state index contributed by atoms with van der Waals surface area (Å²) in [6, 6.07) is 13.0. The first-order valence-electron chi connectivity index (χ1n) is 10.6. The molecule has 0 saturated carbocycles. The molecule has 0 aromatic heterocycles. The summed E-state index contributed by atoms with van der Waals surface area (Å²) >= 11 is 6.44. The molecule has 0 radical (unpaired) electrons. The molecular weight excluding hydrogens is 466 g/mol. The highest BCUT2D eigenvalue weighted by molar-refractivity contribution is 6.34. The van der Waals surface area contributed by atoms with Crippen LogP contribution in [0.25, 0.3) is 11.1 Å². The van der Waals surface area contributed by atoms with Crippen LogP contribution >= 0.6 is 11.6 Å². The zero-order chi connectivity index (χ0) is 24.6. The number of halogens is 3. The van der Waals surface area contributed by atoms with E-state index >= 15 is 8.78 Å². The summed E-state index contributed by atoms with van der Waals surface area (Å²) in [6.45, 7) is -0.160. The smallest absolute Gasteiger partial charge is 0.173 e. The van der Waals surface area contributed by atoms with E-state index in [0.29, 0.717) is 5.56 Å². The number of nitrogens with one attached hydrogen (secondary N) is 1. The first kappa shape index (κ1) is 24.4. The number of methoxy groups -OCH3 is 1. The van der Waals surface area contributed by atoms with Crippen LogP contribution in [0.5, 0.6) is 11.5 Å². The van der Waals surface area contributed by atoms with E-state index in [0.717, 1.165) is 11.6 Å². The molecule has 4 rings (SSSR count). The average Bonchev–Trinajstić information content (AvgIpc) is 3.14. The van der Waals surface area contributed by atoms with E-state index in [2.05, 4.69) is 5.32 Å². The summed E-state index contributed by atoms with van der Waals surface area (Å²) in [4.78, 5) is 0. The highest BCUT2D eigenvalue weighted by Gasteiger charge is 2.51. The van der Waals surface area contributed by atoms with Gasteiger partial charge in [0.2, 0.25) is 0 Å². The number of benzene rings is 3. The van der Waals surface area contributed by atoms with Crippen LogP contribution < -0.4 is 20.5 Å². The lowest BCUT2D eigenvalue weighted by atomic mass is 9.76. The summed E-state index contributed by atoms with van der Waals surface area (Å²) < 4.78 is 42.2. The lowest BCUT2D eigenvalue weighted by Gasteiger charge is -2.34. The van der Waals surface area contributed by atoms with Crippen molar-refractivity contribution in [1.82, 2.24) is 5.32 Å². The van der Waals surface area contributed by atoms with Crippen molar-refractivity contribution in [2.45, 2.75) is 17.7 Å². The maximum absolute atomic E-state index is 15.7. The number of aliphatic hydroxyl groups excluding tert-OH is 2. The highest BCUT2D eigenvalue weighted by Crippen LogP contribution is 2.56. The van der Waals surface area contributed by atoms with Gasteiger partial charge in [0.05, 0.1) is 24.7 Å². The van der Waals surface area contributed by atoms with E-state index in [-0.39, 0.29) is 39.8 Å². The molecule has 6 nitrogen and oxygen atoms in total. The van der Waals surface area contributed by atoms with E-state index in [1.54, 1.807) is 7.05 Å². The van der Waals surface area contributed by atoms with E-state index < -0.39 is 36.0 Å². The number of fused-ring (bicyclic) bond motifs is 1. The Morgan fingerprint density at radius 2 is 1.91 bits per heavy atom. The van der Waals surface area contributed by atoms with Gasteiger partial charge in [-0.2, -0.15) is 0 Å². The normalized spacial score (nSPS) is 20.1. The number of nitrogens with two attached hydrogens (primary N) is 1. The number of hydrogen-bond acceptors (Lipinski definition) is 6. The minimum Gasteiger partial charge on any atom is -0.494 e. The third-order valence-corrected chi connectivity index (χ3v) is 6.61. The fourth-order valence-electron chi connectivity index (χ4n) is 4.77. The van der Waals surface area contributed by atoms with Gasteiger partial charge in [0.15, 0.2) is 17.2 Å². The predicted molar refractivity (Wildman–Crippen MR) is 125 cm³/mol. The fourth-order valence-corrected chi connectivity index (χ4v) is 5.02. The molecular formula is C25H25ClF2N2O4. The van der Waals surface area contributed by atoms with Crippen molar-refractivity contribution in [2.75, 3.05) is 27.3 Å². The van der Waals surface area contributed by atoms with Crippen LogP contribution in [0.2, 0.25) is 5.02 Å². The lowest BCUT2D eigenvalue weighted by Crippen LogP contribution is -2.45. The molecule has 0 spiro atoms. The van der Waals surface area contributed by atoms with Gasteiger partial charge in [-0.15, -0.1) is 0 Å². The Hall–Kier alpha value is -2.75. The van der Waals surface area contributed by atoms with Crippen molar-refractivity contribution >= 4 is 11.6 Å². The van der Waals surface area contributed by atoms with Gasteiger partial charge in [0.1, 0.15) is 17.8 Å². The molecule has 1 heterocycles. The van der Waals surface area contributed by atoms with Crippen molar-refractivity contribution in [3.8, 4) is 22.6 Å². The van der Waals surface area contributed by atoms with Crippen LogP contribution in [-0.2, 0) is 5.60 Å². The molecule has 9 heteroatoms. The van der Waals surface area contributed by atoms with Gasteiger partial charge in [-0.05, 0) is 18.7 Å². The fraction of sp³-hybridized carbons (Fsp3) is 0.280. The van der Waals surface area contributed by atoms with Gasteiger partial charge in [0, 0.05) is 34.9 Å². The van der Waals surface area contributed by atoms with Gasteiger partial charge in [-0.25, -0.2) is 8.78 Å². The second-order valence-electron chi connectivity index (χ2n) is 8.07. The van der Waals surface area contributed by atoms with Crippen LogP contribution in [0.4, 0.5) is 8.78 Å². The Kier molecular flexibility index (Phi) is 6.80. The first-order chi connectivity index (χ1) is 16.3. The quantitative estimate of drug-likeness (QED) is 0.376. The number of hydrogen-bond donors (Lipinski definition) is 4. The Balaban J connectivity index is 2.08. The molecule has 1 aliphatic rings. The lowest BCUT2D eigenvalue weighted by molar-refractivity contribution is 0.0440. The second-order valence-corrected chi connectivity index (χ2v) is 8.45. The van der Waals surface area contributed by atoms with Gasteiger partial charge in [0.25, 0.3) is 0 Å². The molecule has 0 bridgehead atoms. The Morgan fingerprint density at radius 3 is 2.50 bits per heavy atom. The molecule has 3 aromatic rings. The van der Waals surface area contributed by atoms with E-state index in [4.69, 9.17) is 26.8 Å².